The third kappa shape index (κ3) is 5.46. The van der Waals surface area contributed by atoms with E-state index in [-0.39, 0.29) is 5.82 Å². The average molecular weight is 368 g/mol. The van der Waals surface area contributed by atoms with Gasteiger partial charge >= 0.3 is 0 Å². The second-order valence-corrected chi connectivity index (χ2v) is 7.10. The number of hydrogen-bond acceptors (Lipinski definition) is 2. The van der Waals surface area contributed by atoms with Crippen LogP contribution in [0.3, 0.4) is 0 Å². The molecular weight excluding hydrogens is 349 g/mol. The lowest BCUT2D eigenvalue weighted by Crippen LogP contribution is -2.30. The van der Waals surface area contributed by atoms with Gasteiger partial charge in [0.2, 0.25) is 0 Å². The van der Waals surface area contributed by atoms with Crippen molar-refractivity contribution < 1.29 is 4.39 Å². The highest BCUT2D eigenvalue weighted by Crippen LogP contribution is 2.21. The fraction of sp³-hybridized carbons (Fsp3) is 0.294. The summed E-state index contributed by atoms with van der Waals surface area (Å²) in [5, 5.41) is 3.31. The maximum atomic E-state index is 13.4. The summed E-state index contributed by atoms with van der Waals surface area (Å²) >= 11 is 5.16. The molecule has 0 aliphatic heterocycles. The van der Waals surface area contributed by atoms with E-state index in [1.165, 1.54) is 16.5 Å². The van der Waals surface area contributed by atoms with E-state index in [0.29, 0.717) is 6.04 Å². The van der Waals surface area contributed by atoms with Gasteiger partial charge in [-0.15, -0.1) is 11.8 Å². The van der Waals surface area contributed by atoms with E-state index in [0.717, 1.165) is 22.2 Å². The first-order valence-electron chi connectivity index (χ1n) is 6.88. The Hall–Kier alpha value is -0.840. The van der Waals surface area contributed by atoms with Crippen LogP contribution in [-0.2, 0) is 6.42 Å². The standard InChI is InChI=1S/C17H19BrFNS/c1-12-3-5-17(6-4-12)21-11-16(20-2)9-13-7-14(18)10-15(19)8-13/h3-8,10,16,20H,9,11H2,1-2H3. The summed E-state index contributed by atoms with van der Waals surface area (Å²) in [5.74, 6) is 0.758. The summed E-state index contributed by atoms with van der Waals surface area (Å²) in [6.07, 6.45) is 0.811. The molecule has 0 radical (unpaired) electrons. The zero-order valence-corrected chi connectivity index (χ0v) is 14.6. The molecule has 1 unspecified atom stereocenters. The minimum absolute atomic E-state index is 0.194. The lowest BCUT2D eigenvalue weighted by Gasteiger charge is -2.16. The fourth-order valence-electron chi connectivity index (χ4n) is 2.09. The van der Waals surface area contributed by atoms with Crippen molar-refractivity contribution in [1.82, 2.24) is 5.32 Å². The molecule has 0 fully saturated rings. The number of nitrogens with one attached hydrogen (secondary N) is 1. The molecule has 0 heterocycles. The summed E-state index contributed by atoms with van der Waals surface area (Å²) in [4.78, 5) is 1.27. The minimum atomic E-state index is -0.194. The molecule has 0 aliphatic rings. The molecule has 0 saturated carbocycles. The lowest BCUT2D eigenvalue weighted by atomic mass is 10.1. The van der Waals surface area contributed by atoms with E-state index in [4.69, 9.17) is 0 Å². The highest BCUT2D eigenvalue weighted by atomic mass is 79.9. The predicted octanol–water partition coefficient (Wildman–Crippen LogP) is 4.82. The summed E-state index contributed by atoms with van der Waals surface area (Å²) < 4.78 is 14.2. The average Bonchev–Trinajstić information content (AvgIpc) is 2.44. The molecule has 4 heteroatoms. The van der Waals surface area contributed by atoms with Gasteiger partial charge in [-0.25, -0.2) is 4.39 Å². The van der Waals surface area contributed by atoms with E-state index in [1.54, 1.807) is 6.07 Å². The lowest BCUT2D eigenvalue weighted by molar-refractivity contribution is 0.602. The van der Waals surface area contributed by atoms with Crippen LogP contribution in [0.15, 0.2) is 51.8 Å². The van der Waals surface area contributed by atoms with Crippen LogP contribution in [-0.4, -0.2) is 18.8 Å². The van der Waals surface area contributed by atoms with Crippen LogP contribution in [0.1, 0.15) is 11.1 Å². The van der Waals surface area contributed by atoms with Gasteiger partial charge < -0.3 is 5.32 Å². The minimum Gasteiger partial charge on any atom is -0.316 e. The number of likely N-dealkylation sites (N-methyl/N-ethyl adjacent to an activating group) is 1. The van der Waals surface area contributed by atoms with E-state index in [1.807, 2.05) is 24.9 Å². The van der Waals surface area contributed by atoms with Gasteiger partial charge in [0.1, 0.15) is 5.82 Å². The van der Waals surface area contributed by atoms with E-state index in [2.05, 4.69) is 52.4 Å². The first kappa shape index (κ1) is 16.5. The summed E-state index contributed by atoms with van der Waals surface area (Å²) in [6.45, 7) is 2.09. The molecule has 0 aliphatic carbocycles. The maximum Gasteiger partial charge on any atom is 0.124 e. The van der Waals surface area contributed by atoms with Gasteiger partial charge in [-0.3, -0.25) is 0 Å². The molecule has 1 N–H and O–H groups in total. The molecule has 1 nitrogen and oxygen atoms in total. The van der Waals surface area contributed by atoms with Crippen molar-refractivity contribution in [2.75, 3.05) is 12.8 Å². The van der Waals surface area contributed by atoms with Crippen molar-refractivity contribution in [2.45, 2.75) is 24.3 Å². The van der Waals surface area contributed by atoms with Crippen LogP contribution in [0, 0.1) is 12.7 Å². The van der Waals surface area contributed by atoms with E-state index < -0.39 is 0 Å². The third-order valence-corrected chi connectivity index (χ3v) is 4.92. The van der Waals surface area contributed by atoms with Gasteiger partial charge in [-0.05, 0) is 56.3 Å². The number of halogens is 2. The molecule has 112 valence electrons. The number of hydrogen-bond donors (Lipinski definition) is 1. The second kappa shape index (κ2) is 7.97. The molecule has 21 heavy (non-hydrogen) atoms. The Labute approximate surface area is 138 Å². The quantitative estimate of drug-likeness (QED) is 0.734. The molecule has 2 aromatic rings. The van der Waals surface area contributed by atoms with Crippen LogP contribution in [0.5, 0.6) is 0 Å². The Morgan fingerprint density at radius 3 is 2.52 bits per heavy atom. The van der Waals surface area contributed by atoms with Crippen LogP contribution in [0.4, 0.5) is 4.39 Å². The van der Waals surface area contributed by atoms with E-state index >= 15 is 0 Å². The zero-order chi connectivity index (χ0) is 15.2. The van der Waals surface area contributed by atoms with Crippen molar-refractivity contribution in [3.05, 3.63) is 63.9 Å². The van der Waals surface area contributed by atoms with Crippen molar-refractivity contribution in [3.63, 3.8) is 0 Å². The highest BCUT2D eigenvalue weighted by Gasteiger charge is 2.09. The largest absolute Gasteiger partial charge is 0.316 e. The van der Waals surface area contributed by atoms with Crippen LogP contribution in [0.25, 0.3) is 0 Å². The highest BCUT2D eigenvalue weighted by molar-refractivity contribution is 9.10. The Bertz CT molecular complexity index is 566. The number of aryl methyl sites for hydroxylation is 1. The van der Waals surface area contributed by atoms with Crippen molar-refractivity contribution in [2.24, 2.45) is 0 Å². The Morgan fingerprint density at radius 1 is 1.19 bits per heavy atom. The maximum absolute atomic E-state index is 13.4. The normalized spacial score (nSPS) is 12.4. The number of thioether (sulfide) groups is 1. The molecule has 2 rings (SSSR count). The molecule has 0 aromatic heterocycles. The molecule has 2 aromatic carbocycles. The molecule has 0 spiro atoms. The van der Waals surface area contributed by atoms with Gasteiger partial charge in [-0.1, -0.05) is 33.6 Å². The Balaban J connectivity index is 1.95. The van der Waals surface area contributed by atoms with Crippen molar-refractivity contribution in [1.29, 1.82) is 0 Å². The van der Waals surface area contributed by atoms with E-state index in [9.17, 15) is 4.39 Å². The Kier molecular flexibility index (Phi) is 6.27. The predicted molar refractivity (Wildman–Crippen MR) is 92.6 cm³/mol. The summed E-state index contributed by atoms with van der Waals surface area (Å²) in [6, 6.07) is 13.9. The van der Waals surface area contributed by atoms with Crippen molar-refractivity contribution in [3.8, 4) is 0 Å². The molecular formula is C17H19BrFNS. The molecule has 1 atom stereocenters. The van der Waals surface area contributed by atoms with Gasteiger partial charge in [0.05, 0.1) is 0 Å². The van der Waals surface area contributed by atoms with Gasteiger partial charge in [-0.2, -0.15) is 0 Å². The van der Waals surface area contributed by atoms with Crippen LogP contribution in [0.2, 0.25) is 0 Å². The summed E-state index contributed by atoms with van der Waals surface area (Å²) in [7, 11) is 1.95. The Morgan fingerprint density at radius 2 is 1.90 bits per heavy atom. The molecule has 0 saturated heterocycles. The molecule has 0 amide bonds. The van der Waals surface area contributed by atoms with Gasteiger partial charge in [0.25, 0.3) is 0 Å². The van der Waals surface area contributed by atoms with Gasteiger partial charge in [0, 0.05) is 21.2 Å². The first-order chi connectivity index (χ1) is 10.1. The number of benzene rings is 2. The van der Waals surface area contributed by atoms with Crippen LogP contribution >= 0.6 is 27.7 Å². The van der Waals surface area contributed by atoms with Crippen molar-refractivity contribution >= 4 is 27.7 Å². The third-order valence-electron chi connectivity index (χ3n) is 3.28. The first-order valence-corrected chi connectivity index (χ1v) is 8.66. The second-order valence-electron chi connectivity index (χ2n) is 5.09. The van der Waals surface area contributed by atoms with Crippen LogP contribution < -0.4 is 5.32 Å². The topological polar surface area (TPSA) is 12.0 Å². The van der Waals surface area contributed by atoms with Gasteiger partial charge in [0.15, 0.2) is 0 Å². The summed E-state index contributed by atoms with van der Waals surface area (Å²) in [5.41, 5.74) is 2.28. The fourth-order valence-corrected chi connectivity index (χ4v) is 3.61. The zero-order valence-electron chi connectivity index (χ0n) is 12.2. The number of rotatable bonds is 6. The molecule has 0 bridgehead atoms. The SMILES string of the molecule is CNC(CSc1ccc(C)cc1)Cc1cc(F)cc(Br)c1. The smallest absolute Gasteiger partial charge is 0.124 e. The monoisotopic (exact) mass is 367 g/mol.